The van der Waals surface area contributed by atoms with Gasteiger partial charge in [-0.1, -0.05) is 19.8 Å². The van der Waals surface area contributed by atoms with E-state index >= 15 is 0 Å². The highest BCUT2D eigenvalue weighted by molar-refractivity contribution is 5.09. The average molecular weight is 235 g/mol. The van der Waals surface area contributed by atoms with Crippen molar-refractivity contribution in [1.82, 2.24) is 15.1 Å². The lowest BCUT2D eigenvalue weighted by Crippen LogP contribution is -2.30. The van der Waals surface area contributed by atoms with Crippen LogP contribution in [0.4, 0.5) is 0 Å². The van der Waals surface area contributed by atoms with Crippen LogP contribution in [-0.2, 0) is 6.54 Å². The van der Waals surface area contributed by atoms with E-state index in [4.69, 9.17) is 0 Å². The zero-order valence-electron chi connectivity index (χ0n) is 11.3. The fourth-order valence-electron chi connectivity index (χ4n) is 3.28. The van der Waals surface area contributed by atoms with E-state index < -0.39 is 0 Å². The van der Waals surface area contributed by atoms with Gasteiger partial charge in [0.2, 0.25) is 0 Å². The van der Waals surface area contributed by atoms with Gasteiger partial charge in [-0.25, -0.2) is 0 Å². The summed E-state index contributed by atoms with van der Waals surface area (Å²) in [6, 6.07) is 2.64. The van der Waals surface area contributed by atoms with Crippen LogP contribution in [-0.4, -0.2) is 16.8 Å². The van der Waals surface area contributed by atoms with Gasteiger partial charge in [0.15, 0.2) is 0 Å². The highest BCUT2D eigenvalue weighted by Crippen LogP contribution is 2.36. The molecule has 96 valence electrons. The zero-order valence-corrected chi connectivity index (χ0v) is 11.3. The highest BCUT2D eigenvalue weighted by Gasteiger charge is 2.28. The van der Waals surface area contributed by atoms with E-state index in [9.17, 15) is 0 Å². The van der Waals surface area contributed by atoms with Crippen LogP contribution in [0.3, 0.4) is 0 Å². The van der Waals surface area contributed by atoms with Gasteiger partial charge >= 0.3 is 0 Å². The van der Waals surface area contributed by atoms with E-state index in [2.05, 4.69) is 42.1 Å². The van der Waals surface area contributed by atoms with E-state index in [1.54, 1.807) is 0 Å². The van der Waals surface area contributed by atoms with Gasteiger partial charge < -0.3 is 5.32 Å². The summed E-state index contributed by atoms with van der Waals surface area (Å²) in [4.78, 5) is 0. The van der Waals surface area contributed by atoms with Gasteiger partial charge in [0, 0.05) is 12.7 Å². The summed E-state index contributed by atoms with van der Waals surface area (Å²) < 4.78 is 2.13. The molecule has 1 aliphatic rings. The van der Waals surface area contributed by atoms with E-state index in [0.29, 0.717) is 6.04 Å². The van der Waals surface area contributed by atoms with Crippen molar-refractivity contribution in [2.24, 2.45) is 11.8 Å². The van der Waals surface area contributed by atoms with Crippen molar-refractivity contribution in [3.05, 3.63) is 18.0 Å². The van der Waals surface area contributed by atoms with Gasteiger partial charge in [-0.15, -0.1) is 0 Å². The minimum Gasteiger partial charge on any atom is -0.311 e. The molecule has 1 heterocycles. The van der Waals surface area contributed by atoms with Gasteiger partial charge in [-0.3, -0.25) is 4.68 Å². The lowest BCUT2D eigenvalue weighted by atomic mass is 9.78. The molecule has 1 aromatic heterocycles. The van der Waals surface area contributed by atoms with Crippen molar-refractivity contribution in [1.29, 1.82) is 0 Å². The number of rotatable bonds is 4. The molecule has 0 aromatic carbocycles. The van der Waals surface area contributed by atoms with Gasteiger partial charge in [0.05, 0.1) is 11.7 Å². The third-order valence-corrected chi connectivity index (χ3v) is 4.13. The van der Waals surface area contributed by atoms with Crippen LogP contribution in [0, 0.1) is 11.8 Å². The number of aryl methyl sites for hydroxylation is 1. The topological polar surface area (TPSA) is 29.9 Å². The first-order valence-electron chi connectivity index (χ1n) is 6.95. The minimum absolute atomic E-state index is 0.472. The van der Waals surface area contributed by atoms with Crippen LogP contribution in [0.1, 0.15) is 51.3 Å². The first-order valence-corrected chi connectivity index (χ1v) is 6.95. The predicted octanol–water partition coefficient (Wildman–Crippen LogP) is 2.99. The molecule has 3 nitrogen and oxygen atoms in total. The first-order chi connectivity index (χ1) is 8.26. The smallest absolute Gasteiger partial charge is 0.0556 e. The Morgan fingerprint density at radius 2 is 2.35 bits per heavy atom. The number of hydrogen-bond donors (Lipinski definition) is 1. The van der Waals surface area contributed by atoms with Crippen LogP contribution in [0.25, 0.3) is 0 Å². The maximum Gasteiger partial charge on any atom is 0.0556 e. The quantitative estimate of drug-likeness (QED) is 0.869. The Morgan fingerprint density at radius 3 is 3.00 bits per heavy atom. The molecule has 17 heavy (non-hydrogen) atoms. The van der Waals surface area contributed by atoms with Crippen LogP contribution in [0.2, 0.25) is 0 Å². The van der Waals surface area contributed by atoms with Gasteiger partial charge in [-0.2, -0.15) is 5.10 Å². The summed E-state index contributed by atoms with van der Waals surface area (Å²) in [5.41, 5.74) is 1.36. The van der Waals surface area contributed by atoms with Crippen LogP contribution in [0.15, 0.2) is 12.3 Å². The van der Waals surface area contributed by atoms with Crippen LogP contribution >= 0.6 is 0 Å². The van der Waals surface area contributed by atoms with Crippen molar-refractivity contribution in [3.63, 3.8) is 0 Å². The molecule has 0 amide bonds. The molecule has 1 aliphatic carbocycles. The molecule has 0 spiro atoms. The third kappa shape index (κ3) is 2.71. The zero-order chi connectivity index (χ0) is 12.3. The standard InChI is InChI=1S/C14H25N3/c1-4-17-13(8-9-16-17)14(15-3)12-7-5-6-11(2)10-12/h8-9,11-12,14-15H,4-7,10H2,1-3H3. The molecule has 1 N–H and O–H groups in total. The largest absolute Gasteiger partial charge is 0.311 e. The molecule has 1 fully saturated rings. The molecule has 3 unspecified atom stereocenters. The molecule has 1 saturated carbocycles. The Morgan fingerprint density at radius 1 is 1.53 bits per heavy atom. The number of nitrogens with one attached hydrogen (secondary N) is 1. The molecule has 3 heteroatoms. The molecular formula is C14H25N3. The fraction of sp³-hybridized carbons (Fsp3) is 0.786. The summed E-state index contributed by atoms with van der Waals surface area (Å²) in [7, 11) is 2.08. The summed E-state index contributed by atoms with van der Waals surface area (Å²) in [6.45, 7) is 5.51. The Bertz CT molecular complexity index is 345. The van der Waals surface area contributed by atoms with E-state index in [1.807, 2.05) is 6.20 Å². The molecule has 3 atom stereocenters. The molecule has 0 saturated heterocycles. The number of aromatic nitrogens is 2. The van der Waals surface area contributed by atoms with Gasteiger partial charge in [0.25, 0.3) is 0 Å². The van der Waals surface area contributed by atoms with Crippen LogP contribution in [0.5, 0.6) is 0 Å². The normalized spacial score (nSPS) is 27.0. The van der Waals surface area contributed by atoms with Crippen molar-refractivity contribution >= 4 is 0 Å². The Balaban J connectivity index is 2.15. The van der Waals surface area contributed by atoms with Crippen LogP contribution < -0.4 is 5.32 Å². The summed E-state index contributed by atoms with van der Waals surface area (Å²) in [5.74, 6) is 1.65. The summed E-state index contributed by atoms with van der Waals surface area (Å²) in [6.07, 6.45) is 7.41. The number of nitrogens with zero attached hydrogens (tertiary/aromatic N) is 2. The lowest BCUT2D eigenvalue weighted by molar-refractivity contribution is 0.223. The second kappa shape index (κ2) is 5.67. The molecule has 0 aliphatic heterocycles. The summed E-state index contributed by atoms with van der Waals surface area (Å²) in [5, 5.41) is 7.90. The molecule has 2 rings (SSSR count). The van der Waals surface area contributed by atoms with Crippen molar-refractivity contribution in [2.75, 3.05) is 7.05 Å². The minimum atomic E-state index is 0.472. The van der Waals surface area contributed by atoms with Crippen molar-refractivity contribution in [3.8, 4) is 0 Å². The Labute approximate surface area is 105 Å². The Kier molecular flexibility index (Phi) is 4.21. The maximum absolute atomic E-state index is 4.39. The Hall–Kier alpha value is -0.830. The van der Waals surface area contributed by atoms with E-state index in [-0.39, 0.29) is 0 Å². The lowest BCUT2D eigenvalue weighted by Gasteiger charge is -2.33. The molecule has 0 radical (unpaired) electrons. The second-order valence-electron chi connectivity index (χ2n) is 5.37. The maximum atomic E-state index is 4.39. The van der Waals surface area contributed by atoms with Crippen molar-refractivity contribution in [2.45, 2.75) is 52.1 Å². The molecular weight excluding hydrogens is 210 g/mol. The van der Waals surface area contributed by atoms with E-state index in [0.717, 1.165) is 18.4 Å². The van der Waals surface area contributed by atoms with Gasteiger partial charge in [0.1, 0.15) is 0 Å². The highest BCUT2D eigenvalue weighted by atomic mass is 15.3. The summed E-state index contributed by atoms with van der Waals surface area (Å²) >= 11 is 0. The van der Waals surface area contributed by atoms with Crippen molar-refractivity contribution < 1.29 is 0 Å². The fourth-order valence-corrected chi connectivity index (χ4v) is 3.28. The molecule has 1 aromatic rings. The second-order valence-corrected chi connectivity index (χ2v) is 5.37. The SMILES string of the molecule is CCn1nccc1C(NC)C1CCCC(C)C1. The predicted molar refractivity (Wildman–Crippen MR) is 70.8 cm³/mol. The van der Waals surface area contributed by atoms with Gasteiger partial charge in [-0.05, 0) is 44.7 Å². The first kappa shape index (κ1) is 12.6. The third-order valence-electron chi connectivity index (χ3n) is 4.13. The number of hydrogen-bond acceptors (Lipinski definition) is 2. The van der Waals surface area contributed by atoms with E-state index in [1.165, 1.54) is 31.4 Å². The average Bonchev–Trinajstić information content (AvgIpc) is 2.78. The monoisotopic (exact) mass is 235 g/mol. The molecule has 0 bridgehead atoms.